The van der Waals surface area contributed by atoms with Crippen molar-refractivity contribution in [3.05, 3.63) is 25.9 Å². The molecule has 0 unspecified atom stereocenters. The standard InChI is InChI=1S/C8H8F3IN2O/c1-5-13-4-6(12)7(15)14(5)3-2-8(9,10)11/h4H,2-3H2,1H3. The number of aryl methyl sites for hydroxylation is 1. The molecule has 0 aliphatic rings. The molecule has 0 radical (unpaired) electrons. The van der Waals surface area contributed by atoms with Crippen LogP contribution in [0, 0.1) is 10.5 Å². The summed E-state index contributed by atoms with van der Waals surface area (Å²) in [4.78, 5) is 15.3. The predicted molar refractivity (Wildman–Crippen MR) is 56.6 cm³/mol. The van der Waals surface area contributed by atoms with Crippen molar-refractivity contribution in [1.82, 2.24) is 9.55 Å². The van der Waals surface area contributed by atoms with Crippen molar-refractivity contribution in [3.8, 4) is 0 Å². The SMILES string of the molecule is Cc1ncc(I)c(=O)n1CCC(F)(F)F. The number of alkyl halides is 3. The molecule has 0 aliphatic carbocycles. The van der Waals surface area contributed by atoms with Crippen molar-refractivity contribution in [1.29, 1.82) is 0 Å². The van der Waals surface area contributed by atoms with Gasteiger partial charge in [0.1, 0.15) is 5.82 Å². The number of halogens is 4. The van der Waals surface area contributed by atoms with Crippen LogP contribution >= 0.6 is 22.6 Å². The van der Waals surface area contributed by atoms with E-state index in [4.69, 9.17) is 0 Å². The van der Waals surface area contributed by atoms with E-state index in [2.05, 4.69) is 4.98 Å². The van der Waals surface area contributed by atoms with E-state index in [1.807, 2.05) is 0 Å². The number of hydrogen-bond donors (Lipinski definition) is 0. The maximum Gasteiger partial charge on any atom is 0.390 e. The van der Waals surface area contributed by atoms with Crippen LogP contribution in [0.3, 0.4) is 0 Å². The Morgan fingerprint density at radius 1 is 1.53 bits per heavy atom. The molecule has 0 aromatic carbocycles. The molecule has 7 heteroatoms. The third-order valence-electron chi connectivity index (χ3n) is 1.82. The van der Waals surface area contributed by atoms with E-state index in [0.717, 1.165) is 4.57 Å². The maximum atomic E-state index is 12.0. The van der Waals surface area contributed by atoms with Gasteiger partial charge in [-0.25, -0.2) is 4.98 Å². The Labute approximate surface area is 97.5 Å². The van der Waals surface area contributed by atoms with E-state index in [9.17, 15) is 18.0 Å². The highest BCUT2D eigenvalue weighted by Gasteiger charge is 2.27. The summed E-state index contributed by atoms with van der Waals surface area (Å²) in [7, 11) is 0. The first kappa shape index (κ1) is 12.5. The fourth-order valence-electron chi connectivity index (χ4n) is 1.05. The fraction of sp³-hybridized carbons (Fsp3) is 0.500. The fourth-order valence-corrected chi connectivity index (χ4v) is 1.48. The molecule has 0 atom stereocenters. The van der Waals surface area contributed by atoms with Gasteiger partial charge in [-0.3, -0.25) is 9.36 Å². The van der Waals surface area contributed by atoms with Crippen molar-refractivity contribution >= 4 is 22.6 Å². The van der Waals surface area contributed by atoms with E-state index < -0.39 is 18.2 Å². The largest absolute Gasteiger partial charge is 0.390 e. The van der Waals surface area contributed by atoms with Crippen molar-refractivity contribution in [3.63, 3.8) is 0 Å². The lowest BCUT2D eigenvalue weighted by Crippen LogP contribution is -2.27. The highest BCUT2D eigenvalue weighted by atomic mass is 127. The minimum Gasteiger partial charge on any atom is -0.296 e. The summed E-state index contributed by atoms with van der Waals surface area (Å²) >= 11 is 1.75. The minimum atomic E-state index is -4.26. The molecule has 0 amide bonds. The van der Waals surface area contributed by atoms with Crippen LogP contribution in [-0.4, -0.2) is 15.7 Å². The summed E-state index contributed by atoms with van der Waals surface area (Å²) in [6.45, 7) is 1.13. The third kappa shape index (κ3) is 3.47. The molecule has 1 aromatic rings. The van der Waals surface area contributed by atoms with E-state index in [-0.39, 0.29) is 6.54 Å². The van der Waals surface area contributed by atoms with Crippen LogP contribution in [0.5, 0.6) is 0 Å². The average Bonchev–Trinajstić information content (AvgIpc) is 2.10. The molecule has 0 saturated carbocycles. The van der Waals surface area contributed by atoms with Gasteiger partial charge in [0.2, 0.25) is 0 Å². The molecule has 1 aromatic heterocycles. The number of aromatic nitrogens is 2. The molecule has 1 rings (SSSR count). The van der Waals surface area contributed by atoms with Crippen LogP contribution in [0.1, 0.15) is 12.2 Å². The zero-order valence-corrected chi connectivity index (χ0v) is 9.96. The van der Waals surface area contributed by atoms with E-state index in [1.165, 1.54) is 13.1 Å². The Kier molecular flexibility index (Phi) is 3.74. The van der Waals surface area contributed by atoms with Crippen LogP contribution in [0.25, 0.3) is 0 Å². The highest BCUT2D eigenvalue weighted by molar-refractivity contribution is 14.1. The smallest absolute Gasteiger partial charge is 0.296 e. The van der Waals surface area contributed by atoms with Crippen molar-refractivity contribution < 1.29 is 13.2 Å². The second-order valence-corrected chi connectivity index (χ2v) is 4.14. The van der Waals surface area contributed by atoms with Gasteiger partial charge < -0.3 is 0 Å². The summed E-state index contributed by atoms with van der Waals surface area (Å²) in [5.74, 6) is 0.296. The molecule has 0 N–H and O–H groups in total. The molecule has 15 heavy (non-hydrogen) atoms. The van der Waals surface area contributed by atoms with Crippen molar-refractivity contribution in [2.24, 2.45) is 0 Å². The predicted octanol–water partition coefficient (Wildman–Crippen LogP) is 2.11. The molecule has 0 fully saturated rings. The van der Waals surface area contributed by atoms with Crippen LogP contribution in [-0.2, 0) is 6.54 Å². The molecule has 0 saturated heterocycles. The van der Waals surface area contributed by atoms with Gasteiger partial charge in [-0.05, 0) is 29.5 Å². The lowest BCUT2D eigenvalue weighted by Gasteiger charge is -2.10. The van der Waals surface area contributed by atoms with Gasteiger partial charge in [0.25, 0.3) is 5.56 Å². The Morgan fingerprint density at radius 3 is 2.67 bits per heavy atom. The molecular formula is C8H8F3IN2O. The highest BCUT2D eigenvalue weighted by Crippen LogP contribution is 2.20. The van der Waals surface area contributed by atoms with Crippen LogP contribution in [0.4, 0.5) is 13.2 Å². The van der Waals surface area contributed by atoms with Gasteiger partial charge in [0.05, 0.1) is 9.99 Å². The van der Waals surface area contributed by atoms with Gasteiger partial charge in [0, 0.05) is 12.7 Å². The summed E-state index contributed by atoms with van der Waals surface area (Å²) in [5, 5.41) is 0. The summed E-state index contributed by atoms with van der Waals surface area (Å²) < 4.78 is 37.3. The second kappa shape index (κ2) is 4.50. The molecule has 1 heterocycles. The maximum absolute atomic E-state index is 12.0. The zero-order valence-electron chi connectivity index (χ0n) is 7.81. The molecule has 0 spiro atoms. The summed E-state index contributed by atoms with van der Waals surface area (Å²) in [6, 6.07) is 0. The second-order valence-electron chi connectivity index (χ2n) is 2.98. The first-order valence-corrected chi connectivity index (χ1v) is 5.18. The summed E-state index contributed by atoms with van der Waals surface area (Å²) in [5.41, 5.74) is -0.424. The number of hydrogen-bond acceptors (Lipinski definition) is 2. The lowest BCUT2D eigenvalue weighted by molar-refractivity contribution is -0.136. The molecule has 84 valence electrons. The normalized spacial score (nSPS) is 11.8. The minimum absolute atomic E-state index is 0.296. The first-order chi connectivity index (χ1) is 6.81. The Balaban J connectivity index is 2.95. The molecular weight excluding hydrogens is 324 g/mol. The van der Waals surface area contributed by atoms with Gasteiger partial charge in [-0.15, -0.1) is 0 Å². The lowest BCUT2D eigenvalue weighted by atomic mass is 10.4. The Morgan fingerprint density at radius 2 is 2.13 bits per heavy atom. The van der Waals surface area contributed by atoms with E-state index in [0.29, 0.717) is 9.39 Å². The van der Waals surface area contributed by atoms with Crippen LogP contribution in [0.2, 0.25) is 0 Å². The monoisotopic (exact) mass is 332 g/mol. The summed E-state index contributed by atoms with van der Waals surface area (Å²) in [6.07, 6.45) is -3.93. The Hall–Kier alpha value is -0.600. The van der Waals surface area contributed by atoms with Crippen LogP contribution < -0.4 is 5.56 Å². The quantitative estimate of drug-likeness (QED) is 0.778. The first-order valence-electron chi connectivity index (χ1n) is 4.10. The molecule has 0 aliphatic heterocycles. The van der Waals surface area contributed by atoms with Gasteiger partial charge in [-0.2, -0.15) is 13.2 Å². The van der Waals surface area contributed by atoms with Crippen molar-refractivity contribution in [2.45, 2.75) is 26.1 Å². The third-order valence-corrected chi connectivity index (χ3v) is 2.56. The topological polar surface area (TPSA) is 34.9 Å². The molecule has 3 nitrogen and oxygen atoms in total. The zero-order chi connectivity index (χ0) is 11.6. The van der Waals surface area contributed by atoms with Gasteiger partial charge >= 0.3 is 6.18 Å². The van der Waals surface area contributed by atoms with E-state index in [1.54, 1.807) is 22.6 Å². The van der Waals surface area contributed by atoms with E-state index >= 15 is 0 Å². The van der Waals surface area contributed by atoms with Gasteiger partial charge in [-0.1, -0.05) is 0 Å². The average molecular weight is 332 g/mol. The number of rotatable bonds is 2. The molecule has 0 bridgehead atoms. The van der Waals surface area contributed by atoms with Crippen molar-refractivity contribution in [2.75, 3.05) is 0 Å². The van der Waals surface area contributed by atoms with Gasteiger partial charge in [0.15, 0.2) is 0 Å². The number of nitrogens with zero attached hydrogens (tertiary/aromatic N) is 2. The Bertz CT molecular complexity index is 413. The van der Waals surface area contributed by atoms with Crippen LogP contribution in [0.15, 0.2) is 11.0 Å².